The van der Waals surface area contributed by atoms with Crippen molar-refractivity contribution in [2.75, 3.05) is 6.54 Å². The van der Waals surface area contributed by atoms with E-state index in [0.717, 1.165) is 5.56 Å². The molecular formula is C20H17N2O4-. The van der Waals surface area contributed by atoms with Gasteiger partial charge in [0.2, 0.25) is 0 Å². The highest BCUT2D eigenvalue weighted by Gasteiger charge is 2.13. The summed E-state index contributed by atoms with van der Waals surface area (Å²) in [7, 11) is 0. The van der Waals surface area contributed by atoms with Gasteiger partial charge in [-0.15, -0.1) is 0 Å². The second kappa shape index (κ2) is 9.58. The maximum Gasteiger partial charge on any atom is 0.268 e. The van der Waals surface area contributed by atoms with Crippen LogP contribution in [-0.4, -0.2) is 24.3 Å². The lowest BCUT2D eigenvalue weighted by molar-refractivity contribution is -0.303. The normalized spacial score (nSPS) is 11.2. The van der Waals surface area contributed by atoms with Crippen molar-refractivity contribution in [3.05, 3.63) is 89.6 Å². The predicted molar refractivity (Wildman–Crippen MR) is 95.5 cm³/mol. The van der Waals surface area contributed by atoms with Crippen molar-refractivity contribution < 1.29 is 19.5 Å². The Bertz CT molecular complexity index is 827. The Labute approximate surface area is 150 Å². The number of allylic oxidation sites excluding steroid dienone is 2. The van der Waals surface area contributed by atoms with E-state index in [1.54, 1.807) is 42.5 Å². The van der Waals surface area contributed by atoms with Crippen LogP contribution in [0, 0.1) is 0 Å². The number of carboxylic acids is 1. The quantitative estimate of drug-likeness (QED) is 0.573. The number of benzene rings is 2. The third-order valence-corrected chi connectivity index (χ3v) is 3.27. The maximum atomic E-state index is 12.2. The molecule has 0 aliphatic heterocycles. The van der Waals surface area contributed by atoms with Gasteiger partial charge in [-0.1, -0.05) is 60.7 Å². The molecule has 0 aliphatic rings. The van der Waals surface area contributed by atoms with Gasteiger partial charge in [0.1, 0.15) is 5.70 Å². The van der Waals surface area contributed by atoms with Gasteiger partial charge in [-0.3, -0.25) is 9.59 Å². The third kappa shape index (κ3) is 6.09. The first-order chi connectivity index (χ1) is 12.6. The van der Waals surface area contributed by atoms with Crippen LogP contribution in [0.5, 0.6) is 0 Å². The molecule has 132 valence electrons. The number of nitrogens with one attached hydrogen (secondary N) is 2. The van der Waals surface area contributed by atoms with Crippen molar-refractivity contribution in [3.63, 3.8) is 0 Å². The molecule has 0 bridgehead atoms. The Morgan fingerprint density at radius 2 is 1.54 bits per heavy atom. The highest BCUT2D eigenvalue weighted by atomic mass is 16.4. The Hall–Kier alpha value is -3.67. The molecule has 0 radical (unpaired) electrons. The van der Waals surface area contributed by atoms with E-state index >= 15 is 0 Å². The Kier molecular flexibility index (Phi) is 6.88. The minimum Gasteiger partial charge on any atom is -0.548 e. The lowest BCUT2D eigenvalue weighted by Crippen LogP contribution is -2.41. The molecule has 2 rings (SSSR count). The van der Waals surface area contributed by atoms with Crippen LogP contribution in [0.4, 0.5) is 0 Å². The largest absolute Gasteiger partial charge is 0.548 e. The van der Waals surface area contributed by atoms with Gasteiger partial charge in [-0.25, -0.2) is 0 Å². The minimum atomic E-state index is -1.42. The molecule has 2 aromatic rings. The number of carboxylic acid groups (broad SMARTS) is 1. The van der Waals surface area contributed by atoms with E-state index in [4.69, 9.17) is 0 Å². The van der Waals surface area contributed by atoms with Crippen molar-refractivity contribution in [2.24, 2.45) is 0 Å². The first kappa shape index (κ1) is 18.7. The second-order valence-electron chi connectivity index (χ2n) is 5.22. The standard InChI is InChI=1S/C20H18N2O4/c23-18(24)14-21-20(26)17(13-7-10-15-8-3-1-4-9-15)22-19(25)16-11-5-2-6-12-16/h1-13H,14H2,(H,21,26)(H,22,25)(H,23,24)/p-1/b10-7+,17-13-. The average molecular weight is 349 g/mol. The molecular weight excluding hydrogens is 332 g/mol. The van der Waals surface area contributed by atoms with Gasteiger partial charge in [0, 0.05) is 5.56 Å². The van der Waals surface area contributed by atoms with Crippen LogP contribution in [0.25, 0.3) is 6.08 Å². The van der Waals surface area contributed by atoms with Crippen molar-refractivity contribution in [2.45, 2.75) is 0 Å². The number of hydrogen-bond donors (Lipinski definition) is 2. The molecule has 2 aromatic carbocycles. The van der Waals surface area contributed by atoms with Gasteiger partial charge < -0.3 is 20.5 Å². The minimum absolute atomic E-state index is 0.0766. The van der Waals surface area contributed by atoms with Crippen LogP contribution in [0.1, 0.15) is 15.9 Å². The van der Waals surface area contributed by atoms with E-state index in [-0.39, 0.29) is 5.70 Å². The zero-order valence-electron chi connectivity index (χ0n) is 13.8. The topological polar surface area (TPSA) is 98.3 Å². The fraction of sp³-hybridized carbons (Fsp3) is 0.0500. The summed E-state index contributed by atoms with van der Waals surface area (Å²) in [6.07, 6.45) is 4.74. The fourth-order valence-corrected chi connectivity index (χ4v) is 2.03. The summed E-state index contributed by atoms with van der Waals surface area (Å²) >= 11 is 0. The van der Waals surface area contributed by atoms with E-state index in [0.29, 0.717) is 5.56 Å². The van der Waals surface area contributed by atoms with Crippen LogP contribution in [-0.2, 0) is 9.59 Å². The van der Waals surface area contributed by atoms with Crippen LogP contribution in [0.2, 0.25) is 0 Å². The van der Waals surface area contributed by atoms with Gasteiger partial charge in [0.15, 0.2) is 0 Å². The molecule has 0 saturated heterocycles. The average Bonchev–Trinajstić information content (AvgIpc) is 2.66. The number of aliphatic carboxylic acids is 1. The molecule has 2 amide bonds. The molecule has 2 N–H and O–H groups in total. The molecule has 0 spiro atoms. The van der Waals surface area contributed by atoms with Gasteiger partial charge >= 0.3 is 0 Å². The predicted octanol–water partition coefficient (Wildman–Crippen LogP) is 0.880. The van der Waals surface area contributed by atoms with Gasteiger partial charge in [-0.05, 0) is 23.8 Å². The zero-order chi connectivity index (χ0) is 18.8. The Balaban J connectivity index is 2.16. The van der Waals surface area contributed by atoms with E-state index in [9.17, 15) is 19.5 Å². The number of amides is 2. The van der Waals surface area contributed by atoms with E-state index < -0.39 is 24.3 Å². The maximum absolute atomic E-state index is 12.2. The lowest BCUT2D eigenvalue weighted by atomic mass is 10.2. The number of hydrogen-bond acceptors (Lipinski definition) is 4. The molecule has 0 heterocycles. The Morgan fingerprint density at radius 1 is 0.923 bits per heavy atom. The van der Waals surface area contributed by atoms with Crippen molar-refractivity contribution in [1.82, 2.24) is 10.6 Å². The molecule has 0 saturated carbocycles. The van der Waals surface area contributed by atoms with Crippen LogP contribution >= 0.6 is 0 Å². The van der Waals surface area contributed by atoms with Crippen LogP contribution in [0.15, 0.2) is 78.5 Å². The van der Waals surface area contributed by atoms with Gasteiger partial charge in [0.05, 0.1) is 12.5 Å². The lowest BCUT2D eigenvalue weighted by Gasteiger charge is -2.10. The molecule has 6 heteroatoms. The van der Waals surface area contributed by atoms with Crippen LogP contribution in [0.3, 0.4) is 0 Å². The third-order valence-electron chi connectivity index (χ3n) is 3.27. The molecule has 0 aromatic heterocycles. The Morgan fingerprint density at radius 3 is 2.15 bits per heavy atom. The first-order valence-electron chi connectivity index (χ1n) is 7.84. The highest BCUT2D eigenvalue weighted by molar-refractivity contribution is 6.03. The molecule has 26 heavy (non-hydrogen) atoms. The second-order valence-corrected chi connectivity index (χ2v) is 5.22. The number of rotatable bonds is 7. The molecule has 0 unspecified atom stereocenters. The number of carbonyl (C=O) groups excluding carboxylic acids is 3. The first-order valence-corrected chi connectivity index (χ1v) is 7.84. The summed E-state index contributed by atoms with van der Waals surface area (Å²) in [5, 5.41) is 15.2. The highest BCUT2D eigenvalue weighted by Crippen LogP contribution is 2.04. The SMILES string of the molecule is O=C([O-])CNC(=O)/C(=C/C=C/c1ccccc1)NC(=O)c1ccccc1. The molecule has 0 aliphatic carbocycles. The van der Waals surface area contributed by atoms with Crippen molar-refractivity contribution in [3.8, 4) is 0 Å². The zero-order valence-corrected chi connectivity index (χ0v) is 13.8. The summed E-state index contributed by atoms with van der Waals surface area (Å²) < 4.78 is 0. The fourth-order valence-electron chi connectivity index (χ4n) is 2.03. The molecule has 6 nitrogen and oxygen atoms in total. The summed E-state index contributed by atoms with van der Waals surface area (Å²) in [5.41, 5.74) is 1.21. The van der Waals surface area contributed by atoms with E-state index in [2.05, 4.69) is 10.6 Å². The summed E-state index contributed by atoms with van der Waals surface area (Å²) in [5.74, 6) is -2.63. The molecule has 0 fully saturated rings. The van der Waals surface area contributed by atoms with Crippen molar-refractivity contribution >= 4 is 23.9 Å². The summed E-state index contributed by atoms with van der Waals surface area (Å²) in [6.45, 7) is -0.653. The van der Waals surface area contributed by atoms with Crippen molar-refractivity contribution in [1.29, 1.82) is 0 Å². The van der Waals surface area contributed by atoms with Gasteiger partial charge in [-0.2, -0.15) is 0 Å². The smallest absolute Gasteiger partial charge is 0.268 e. The van der Waals surface area contributed by atoms with Crippen LogP contribution < -0.4 is 15.7 Å². The summed E-state index contributed by atoms with van der Waals surface area (Å²) in [6, 6.07) is 17.7. The van der Waals surface area contributed by atoms with E-state index in [1.165, 1.54) is 6.08 Å². The summed E-state index contributed by atoms with van der Waals surface area (Å²) in [4.78, 5) is 34.9. The van der Waals surface area contributed by atoms with E-state index in [1.807, 2.05) is 30.3 Å². The van der Waals surface area contributed by atoms with Gasteiger partial charge in [0.25, 0.3) is 11.8 Å². The molecule has 0 atom stereocenters. The monoisotopic (exact) mass is 349 g/mol. The number of carbonyl (C=O) groups is 3.